The van der Waals surface area contributed by atoms with Crippen molar-refractivity contribution >= 4 is 18.2 Å². The number of aliphatic carboxylic acids is 1. The zero-order valence-corrected chi connectivity index (χ0v) is 12.4. The van der Waals surface area contributed by atoms with E-state index in [9.17, 15) is 19.5 Å². The summed E-state index contributed by atoms with van der Waals surface area (Å²) in [5.41, 5.74) is 0.554. The van der Waals surface area contributed by atoms with E-state index >= 15 is 0 Å². The van der Waals surface area contributed by atoms with Crippen molar-refractivity contribution in [1.82, 2.24) is 0 Å². The lowest BCUT2D eigenvalue weighted by Gasteiger charge is -2.24. The fourth-order valence-corrected chi connectivity index (χ4v) is 2.35. The van der Waals surface area contributed by atoms with Gasteiger partial charge in [0.25, 0.3) is 0 Å². The van der Waals surface area contributed by atoms with Crippen LogP contribution in [0.25, 0.3) is 0 Å². The molecule has 0 saturated heterocycles. The molecule has 1 aliphatic rings. The van der Waals surface area contributed by atoms with E-state index in [0.29, 0.717) is 11.8 Å². The molecule has 1 heterocycles. The van der Waals surface area contributed by atoms with Gasteiger partial charge < -0.3 is 24.4 Å². The molecule has 0 amide bonds. The molecule has 0 aliphatic carbocycles. The molecule has 8 nitrogen and oxygen atoms in total. The molecule has 0 saturated carbocycles. The number of esters is 1. The quantitative estimate of drug-likeness (QED) is 0.429. The van der Waals surface area contributed by atoms with Crippen LogP contribution in [0, 0.1) is 0 Å². The van der Waals surface area contributed by atoms with Crippen molar-refractivity contribution in [3.05, 3.63) is 22.8 Å². The summed E-state index contributed by atoms with van der Waals surface area (Å²) in [6.45, 7) is 0.0808. The number of hydrogen-bond acceptors (Lipinski definition) is 7. The van der Waals surface area contributed by atoms with Crippen molar-refractivity contribution in [3.8, 4) is 11.5 Å². The lowest BCUT2D eigenvalue weighted by Crippen LogP contribution is -2.28. The second-order valence-corrected chi connectivity index (χ2v) is 4.88. The van der Waals surface area contributed by atoms with Gasteiger partial charge in [0.15, 0.2) is 17.8 Å². The molecule has 23 heavy (non-hydrogen) atoms. The van der Waals surface area contributed by atoms with E-state index in [1.54, 1.807) is 0 Å². The lowest BCUT2D eigenvalue weighted by atomic mass is 9.95. The number of aldehydes is 1. The molecular formula is C15H16O8. The van der Waals surface area contributed by atoms with Crippen molar-refractivity contribution in [1.29, 1.82) is 0 Å². The standard InChI is InChI=1S/C15H16O8/c1-21-14-10(7-16)8-6-13(19)23-15(20)9(8)5-11(14)22-4-2-3-12(17)18/h5,7,13,19H,2-4,6H2,1H3,(H,17,18). The topological polar surface area (TPSA) is 119 Å². The fourth-order valence-electron chi connectivity index (χ4n) is 2.35. The first-order chi connectivity index (χ1) is 11.0. The molecule has 0 radical (unpaired) electrons. The largest absolute Gasteiger partial charge is 0.492 e. The highest BCUT2D eigenvalue weighted by Crippen LogP contribution is 2.37. The molecule has 0 aromatic heterocycles. The number of carbonyl (C=O) groups excluding carboxylic acids is 2. The molecule has 8 heteroatoms. The molecule has 1 aromatic carbocycles. The fraction of sp³-hybridized carbons (Fsp3) is 0.400. The Morgan fingerprint density at radius 1 is 1.52 bits per heavy atom. The van der Waals surface area contributed by atoms with Gasteiger partial charge in [-0.1, -0.05) is 0 Å². The highest BCUT2D eigenvalue weighted by molar-refractivity contribution is 5.97. The number of carbonyl (C=O) groups is 3. The second kappa shape index (κ2) is 7.10. The summed E-state index contributed by atoms with van der Waals surface area (Å²) in [6.07, 6.45) is -0.629. The smallest absolute Gasteiger partial charge is 0.340 e. The first kappa shape index (κ1) is 16.8. The number of aliphatic hydroxyl groups excluding tert-OH is 1. The maximum absolute atomic E-state index is 11.9. The second-order valence-electron chi connectivity index (χ2n) is 4.88. The van der Waals surface area contributed by atoms with Crippen LogP contribution in [0.4, 0.5) is 0 Å². The predicted molar refractivity (Wildman–Crippen MR) is 75.9 cm³/mol. The molecule has 1 aliphatic heterocycles. The number of hydrogen-bond donors (Lipinski definition) is 2. The van der Waals surface area contributed by atoms with Gasteiger partial charge in [-0.15, -0.1) is 0 Å². The van der Waals surface area contributed by atoms with Crippen molar-refractivity contribution in [2.75, 3.05) is 13.7 Å². The van der Waals surface area contributed by atoms with Crippen molar-refractivity contribution in [2.24, 2.45) is 0 Å². The third-order valence-electron chi connectivity index (χ3n) is 3.35. The number of aliphatic hydroxyl groups is 1. The highest BCUT2D eigenvalue weighted by Gasteiger charge is 2.31. The number of carboxylic acid groups (broad SMARTS) is 1. The molecule has 0 fully saturated rings. The van der Waals surface area contributed by atoms with E-state index in [2.05, 4.69) is 0 Å². The molecule has 1 aromatic rings. The van der Waals surface area contributed by atoms with Gasteiger partial charge in [0.1, 0.15) is 0 Å². The van der Waals surface area contributed by atoms with Gasteiger partial charge in [-0.2, -0.15) is 0 Å². The van der Waals surface area contributed by atoms with Gasteiger partial charge in [-0.3, -0.25) is 9.59 Å². The summed E-state index contributed by atoms with van der Waals surface area (Å²) < 4.78 is 15.3. The van der Waals surface area contributed by atoms with Gasteiger partial charge in [0.05, 0.1) is 24.8 Å². The van der Waals surface area contributed by atoms with Crippen LogP contribution >= 0.6 is 0 Å². The Morgan fingerprint density at radius 3 is 2.87 bits per heavy atom. The third-order valence-corrected chi connectivity index (χ3v) is 3.35. The van der Waals surface area contributed by atoms with E-state index in [0.717, 1.165) is 0 Å². The van der Waals surface area contributed by atoms with E-state index in [1.807, 2.05) is 0 Å². The molecule has 1 unspecified atom stereocenters. The zero-order valence-electron chi connectivity index (χ0n) is 12.4. The summed E-state index contributed by atoms with van der Waals surface area (Å²) in [5, 5.41) is 18.1. The average Bonchev–Trinajstić information content (AvgIpc) is 2.50. The van der Waals surface area contributed by atoms with Crippen LogP contribution in [0.2, 0.25) is 0 Å². The van der Waals surface area contributed by atoms with Crippen molar-refractivity contribution < 1.29 is 38.8 Å². The van der Waals surface area contributed by atoms with Gasteiger partial charge >= 0.3 is 11.9 Å². The number of fused-ring (bicyclic) bond motifs is 1. The van der Waals surface area contributed by atoms with Crippen LogP contribution in [-0.4, -0.2) is 48.4 Å². The van der Waals surface area contributed by atoms with Gasteiger partial charge in [-0.05, 0) is 18.1 Å². The van der Waals surface area contributed by atoms with Crippen LogP contribution in [0.15, 0.2) is 6.07 Å². The van der Waals surface area contributed by atoms with Crippen LogP contribution in [0.5, 0.6) is 11.5 Å². The van der Waals surface area contributed by atoms with Crippen molar-refractivity contribution in [2.45, 2.75) is 25.6 Å². The minimum absolute atomic E-state index is 0.0230. The van der Waals surface area contributed by atoms with E-state index in [4.69, 9.17) is 19.3 Å². The Kier molecular flexibility index (Phi) is 5.17. The summed E-state index contributed by atoms with van der Waals surface area (Å²) in [6, 6.07) is 1.37. The third kappa shape index (κ3) is 3.59. The summed E-state index contributed by atoms with van der Waals surface area (Å²) in [4.78, 5) is 33.7. The normalized spacial score (nSPS) is 16.3. The number of cyclic esters (lactones) is 1. The van der Waals surface area contributed by atoms with E-state index in [-0.39, 0.29) is 48.5 Å². The first-order valence-corrected chi connectivity index (χ1v) is 6.90. The van der Waals surface area contributed by atoms with E-state index < -0.39 is 18.2 Å². The van der Waals surface area contributed by atoms with Gasteiger partial charge in [0, 0.05) is 12.8 Å². The minimum atomic E-state index is -1.32. The van der Waals surface area contributed by atoms with Gasteiger partial charge in [0.2, 0.25) is 6.29 Å². The first-order valence-electron chi connectivity index (χ1n) is 6.90. The molecular weight excluding hydrogens is 308 g/mol. The molecule has 1 atom stereocenters. The van der Waals surface area contributed by atoms with Crippen LogP contribution in [0.1, 0.15) is 39.1 Å². The van der Waals surface area contributed by atoms with Crippen LogP contribution < -0.4 is 9.47 Å². The number of methoxy groups -OCH3 is 1. The maximum Gasteiger partial charge on any atom is 0.340 e. The molecule has 124 valence electrons. The van der Waals surface area contributed by atoms with Crippen molar-refractivity contribution in [3.63, 3.8) is 0 Å². The summed E-state index contributed by atoms with van der Waals surface area (Å²) in [5.74, 6) is -1.43. The number of carboxylic acids is 1. The van der Waals surface area contributed by atoms with Crippen LogP contribution in [0.3, 0.4) is 0 Å². The molecule has 0 spiro atoms. The predicted octanol–water partition coefficient (Wildman–Crippen LogP) is 0.783. The SMILES string of the molecule is COc1c(OCCCC(=O)O)cc2c(c1C=O)CC(O)OC2=O. The minimum Gasteiger partial charge on any atom is -0.492 e. The summed E-state index contributed by atoms with van der Waals surface area (Å²) >= 11 is 0. The Hall–Kier alpha value is -2.61. The Morgan fingerprint density at radius 2 is 2.26 bits per heavy atom. The lowest BCUT2D eigenvalue weighted by molar-refractivity contribution is -0.137. The Bertz CT molecular complexity index is 637. The molecule has 2 rings (SSSR count). The summed E-state index contributed by atoms with van der Waals surface area (Å²) in [7, 11) is 1.34. The van der Waals surface area contributed by atoms with Gasteiger partial charge in [-0.25, -0.2) is 4.79 Å². The van der Waals surface area contributed by atoms with Crippen LogP contribution in [-0.2, 0) is 16.0 Å². The highest BCUT2D eigenvalue weighted by atomic mass is 16.6. The zero-order chi connectivity index (χ0) is 17.0. The maximum atomic E-state index is 11.9. The number of ether oxygens (including phenoxy) is 3. The Labute approximate surface area is 131 Å². The monoisotopic (exact) mass is 324 g/mol. The number of benzene rings is 1. The number of rotatable bonds is 7. The average molecular weight is 324 g/mol. The Balaban J connectivity index is 2.35. The molecule has 0 bridgehead atoms. The molecule has 2 N–H and O–H groups in total. The van der Waals surface area contributed by atoms with E-state index in [1.165, 1.54) is 13.2 Å².